The topological polar surface area (TPSA) is 120 Å². The second-order valence-corrected chi connectivity index (χ2v) is 2.67. The smallest absolute Gasteiger partial charge is 0.284 e. The number of aliphatic hydroxyl groups excluding tert-OH is 1. The Kier molecular flexibility index (Phi) is 2.88. The lowest BCUT2D eigenvalue weighted by atomic mass is 10.2. The number of aliphatic hydroxyl groups is 1. The first kappa shape index (κ1) is 10.3. The molecule has 1 aromatic heterocycles. The number of hydrogen-bond acceptors (Lipinski definition) is 4. The molecule has 76 valence electrons. The van der Waals surface area contributed by atoms with Crippen LogP contribution in [0.4, 0.5) is 0 Å². The van der Waals surface area contributed by atoms with Gasteiger partial charge in [-0.25, -0.2) is 0 Å². The van der Waals surface area contributed by atoms with Crippen LogP contribution in [0.15, 0.2) is 10.5 Å². The Labute approximate surface area is 79.5 Å². The van der Waals surface area contributed by atoms with Crippen LogP contribution in [0, 0.1) is 0 Å². The van der Waals surface area contributed by atoms with Crippen molar-refractivity contribution in [3.63, 3.8) is 0 Å². The number of carbonyl (C=O) groups is 2. The molecule has 2 amide bonds. The molecule has 0 aliphatic heterocycles. The first-order chi connectivity index (χ1) is 6.56. The molecule has 5 N–H and O–H groups in total. The van der Waals surface area contributed by atoms with Gasteiger partial charge in [-0.15, -0.1) is 0 Å². The molecular formula is C8H10N2O4. The predicted molar refractivity (Wildman–Crippen MR) is 46.5 cm³/mol. The average molecular weight is 198 g/mol. The van der Waals surface area contributed by atoms with Gasteiger partial charge in [-0.05, 0) is 12.5 Å². The highest BCUT2D eigenvalue weighted by Crippen LogP contribution is 2.15. The van der Waals surface area contributed by atoms with E-state index >= 15 is 0 Å². The van der Waals surface area contributed by atoms with Gasteiger partial charge in [-0.3, -0.25) is 9.59 Å². The molecule has 1 rings (SSSR count). The van der Waals surface area contributed by atoms with E-state index in [0.29, 0.717) is 5.56 Å². The Balaban J connectivity index is 3.12. The Bertz CT molecular complexity index is 369. The van der Waals surface area contributed by atoms with Crippen LogP contribution in [0.5, 0.6) is 0 Å². The van der Waals surface area contributed by atoms with Gasteiger partial charge in [0.15, 0.2) is 11.5 Å². The summed E-state index contributed by atoms with van der Waals surface area (Å²) < 4.78 is 4.83. The van der Waals surface area contributed by atoms with Crippen molar-refractivity contribution in [3.8, 4) is 0 Å². The normalized spacial score (nSPS) is 10.1. The van der Waals surface area contributed by atoms with Crippen LogP contribution in [0.1, 0.15) is 26.7 Å². The minimum Gasteiger partial charge on any atom is -0.445 e. The standard InChI is InChI=1S/C8H10N2O4/c9-7(12)5-3-4(1-2-11)6(14-5)8(10)13/h3,11H,1-2H2,(H2,9,12)(H2,10,13). The summed E-state index contributed by atoms with van der Waals surface area (Å²) in [5, 5.41) is 8.66. The minimum absolute atomic E-state index is 0.132. The van der Waals surface area contributed by atoms with E-state index in [4.69, 9.17) is 21.0 Å². The van der Waals surface area contributed by atoms with E-state index in [1.54, 1.807) is 0 Å². The van der Waals surface area contributed by atoms with Crippen molar-refractivity contribution in [2.75, 3.05) is 6.61 Å². The van der Waals surface area contributed by atoms with Gasteiger partial charge < -0.3 is 21.0 Å². The summed E-state index contributed by atoms with van der Waals surface area (Å²) in [7, 11) is 0. The van der Waals surface area contributed by atoms with E-state index in [0.717, 1.165) is 0 Å². The molecule has 0 atom stereocenters. The van der Waals surface area contributed by atoms with Gasteiger partial charge in [-0.2, -0.15) is 0 Å². The van der Waals surface area contributed by atoms with Crippen LogP contribution in [0.25, 0.3) is 0 Å². The summed E-state index contributed by atoms with van der Waals surface area (Å²) in [6.07, 6.45) is 0.190. The summed E-state index contributed by atoms with van der Waals surface area (Å²) in [6.45, 7) is -0.169. The van der Waals surface area contributed by atoms with Gasteiger partial charge in [0, 0.05) is 12.2 Å². The van der Waals surface area contributed by atoms with Gasteiger partial charge in [0.05, 0.1) is 0 Å². The molecule has 1 heterocycles. The fourth-order valence-electron chi connectivity index (χ4n) is 1.06. The van der Waals surface area contributed by atoms with Gasteiger partial charge in [0.1, 0.15) is 0 Å². The molecule has 6 nitrogen and oxygen atoms in total. The van der Waals surface area contributed by atoms with Gasteiger partial charge >= 0.3 is 0 Å². The van der Waals surface area contributed by atoms with E-state index in [2.05, 4.69) is 0 Å². The van der Waals surface area contributed by atoms with Crippen molar-refractivity contribution in [2.24, 2.45) is 11.5 Å². The van der Waals surface area contributed by atoms with E-state index < -0.39 is 11.8 Å². The van der Waals surface area contributed by atoms with Gasteiger partial charge in [-0.1, -0.05) is 0 Å². The highest BCUT2D eigenvalue weighted by atomic mass is 16.4. The van der Waals surface area contributed by atoms with Crippen LogP contribution in [-0.2, 0) is 6.42 Å². The molecule has 0 bridgehead atoms. The molecular weight excluding hydrogens is 188 g/mol. The van der Waals surface area contributed by atoms with E-state index in [1.807, 2.05) is 0 Å². The number of hydrogen-bond donors (Lipinski definition) is 3. The second kappa shape index (κ2) is 3.93. The lowest BCUT2D eigenvalue weighted by Crippen LogP contribution is -2.13. The fraction of sp³-hybridized carbons (Fsp3) is 0.250. The second-order valence-electron chi connectivity index (χ2n) is 2.67. The number of primary amides is 2. The third kappa shape index (κ3) is 1.91. The van der Waals surface area contributed by atoms with Crippen molar-refractivity contribution in [1.29, 1.82) is 0 Å². The van der Waals surface area contributed by atoms with Crippen LogP contribution in [-0.4, -0.2) is 23.5 Å². The summed E-state index contributed by atoms with van der Waals surface area (Å²) in [5.41, 5.74) is 10.3. The molecule has 0 radical (unpaired) electrons. The Morgan fingerprint density at radius 1 is 1.36 bits per heavy atom. The predicted octanol–water partition coefficient (Wildman–Crippen LogP) is -0.988. The lowest BCUT2D eigenvalue weighted by Gasteiger charge is -1.93. The summed E-state index contributed by atoms with van der Waals surface area (Å²) in [4.78, 5) is 21.5. The molecule has 0 aliphatic carbocycles. The van der Waals surface area contributed by atoms with Gasteiger partial charge in [0.2, 0.25) is 0 Å². The van der Waals surface area contributed by atoms with Crippen LogP contribution < -0.4 is 11.5 Å². The van der Waals surface area contributed by atoms with E-state index in [1.165, 1.54) is 6.07 Å². The fourth-order valence-corrected chi connectivity index (χ4v) is 1.06. The van der Waals surface area contributed by atoms with Crippen molar-refractivity contribution in [3.05, 3.63) is 23.2 Å². The van der Waals surface area contributed by atoms with Crippen LogP contribution in [0.2, 0.25) is 0 Å². The molecule has 0 spiro atoms. The van der Waals surface area contributed by atoms with Gasteiger partial charge in [0.25, 0.3) is 11.8 Å². The highest BCUT2D eigenvalue weighted by Gasteiger charge is 2.17. The summed E-state index contributed by atoms with van der Waals surface area (Å²) in [5.74, 6) is -1.84. The van der Waals surface area contributed by atoms with E-state index in [9.17, 15) is 9.59 Å². The molecule has 0 unspecified atom stereocenters. The molecule has 6 heteroatoms. The maximum atomic E-state index is 10.8. The van der Waals surface area contributed by atoms with Crippen LogP contribution >= 0.6 is 0 Å². The highest BCUT2D eigenvalue weighted by molar-refractivity contribution is 5.95. The quantitative estimate of drug-likeness (QED) is 0.575. The average Bonchev–Trinajstić information content (AvgIpc) is 2.49. The molecule has 14 heavy (non-hydrogen) atoms. The maximum Gasteiger partial charge on any atom is 0.284 e. The maximum absolute atomic E-state index is 10.8. The molecule has 0 saturated carbocycles. The number of furan rings is 1. The van der Waals surface area contributed by atoms with E-state index in [-0.39, 0.29) is 24.5 Å². The molecule has 0 aromatic carbocycles. The third-order valence-corrected chi connectivity index (χ3v) is 1.66. The number of rotatable bonds is 4. The van der Waals surface area contributed by atoms with Crippen molar-refractivity contribution in [1.82, 2.24) is 0 Å². The summed E-state index contributed by atoms with van der Waals surface area (Å²) in [6, 6.07) is 1.30. The number of carbonyl (C=O) groups excluding carboxylic acids is 2. The van der Waals surface area contributed by atoms with Crippen molar-refractivity contribution < 1.29 is 19.1 Å². The zero-order valence-electron chi connectivity index (χ0n) is 7.32. The summed E-state index contributed by atoms with van der Waals surface area (Å²) >= 11 is 0. The van der Waals surface area contributed by atoms with Crippen LogP contribution in [0.3, 0.4) is 0 Å². The monoisotopic (exact) mass is 198 g/mol. The Morgan fingerprint density at radius 2 is 2.00 bits per heavy atom. The SMILES string of the molecule is NC(=O)c1cc(CCO)c(C(N)=O)o1. The van der Waals surface area contributed by atoms with Crippen molar-refractivity contribution >= 4 is 11.8 Å². The molecule has 1 aromatic rings. The molecule has 0 saturated heterocycles. The first-order valence-electron chi connectivity index (χ1n) is 3.89. The first-order valence-corrected chi connectivity index (χ1v) is 3.89. The van der Waals surface area contributed by atoms with Crippen molar-refractivity contribution in [2.45, 2.75) is 6.42 Å². The minimum atomic E-state index is -0.791. The molecule has 0 aliphatic rings. The Morgan fingerprint density at radius 3 is 2.43 bits per heavy atom. The lowest BCUT2D eigenvalue weighted by molar-refractivity contribution is 0.0950. The zero-order valence-corrected chi connectivity index (χ0v) is 7.32. The largest absolute Gasteiger partial charge is 0.445 e. The Hall–Kier alpha value is -1.82. The number of amides is 2. The zero-order chi connectivity index (χ0) is 10.7. The molecule has 0 fully saturated rings. The third-order valence-electron chi connectivity index (χ3n) is 1.66. The number of nitrogens with two attached hydrogens (primary N) is 2.